The van der Waals surface area contributed by atoms with Crippen molar-refractivity contribution >= 4 is 27.7 Å². The van der Waals surface area contributed by atoms with Gasteiger partial charge in [-0.3, -0.25) is 9.69 Å². The van der Waals surface area contributed by atoms with Crippen molar-refractivity contribution in [1.29, 1.82) is 0 Å². The smallest absolute Gasteiger partial charge is 0.416 e. The molecule has 2 N–H and O–H groups in total. The van der Waals surface area contributed by atoms with Crippen molar-refractivity contribution in [1.82, 2.24) is 9.97 Å². The van der Waals surface area contributed by atoms with Gasteiger partial charge in [0.05, 0.1) is 5.69 Å². The first kappa shape index (κ1) is 38.6. The lowest BCUT2D eigenvalue weighted by Crippen LogP contribution is -2.48. The average Bonchev–Trinajstić information content (AvgIpc) is 2.99. The van der Waals surface area contributed by atoms with E-state index in [-0.39, 0.29) is 28.4 Å². The number of esters is 1. The third kappa shape index (κ3) is 10.1. The summed E-state index contributed by atoms with van der Waals surface area (Å²) in [5.74, 6) is -0.721. The molecule has 1 atom stereocenters. The summed E-state index contributed by atoms with van der Waals surface area (Å²) in [4.78, 5) is 34.0. The molecule has 2 aromatic heterocycles. The van der Waals surface area contributed by atoms with Gasteiger partial charge in [-0.2, -0.15) is 0 Å². The normalized spacial score (nSPS) is 13.8. The van der Waals surface area contributed by atoms with Crippen LogP contribution >= 0.6 is 0 Å². The molecule has 10 nitrogen and oxygen atoms in total. The van der Waals surface area contributed by atoms with Gasteiger partial charge in [-0.05, 0) is 88.8 Å². The zero-order chi connectivity index (χ0) is 36.0. The van der Waals surface area contributed by atoms with Crippen molar-refractivity contribution in [3.63, 3.8) is 0 Å². The van der Waals surface area contributed by atoms with E-state index in [4.69, 9.17) is 15.2 Å². The van der Waals surface area contributed by atoms with E-state index in [9.17, 15) is 18.0 Å². The van der Waals surface area contributed by atoms with Crippen molar-refractivity contribution in [2.24, 2.45) is 5.73 Å². The molecule has 0 fully saturated rings. The highest BCUT2D eigenvalue weighted by molar-refractivity contribution is 7.92. The van der Waals surface area contributed by atoms with Crippen LogP contribution in [0.3, 0.4) is 0 Å². The lowest BCUT2D eigenvalue weighted by molar-refractivity contribution is -0.153. The van der Waals surface area contributed by atoms with Crippen LogP contribution in [0, 0.1) is 0 Å². The molecule has 1 amide bonds. The highest BCUT2D eigenvalue weighted by Crippen LogP contribution is 2.35. The second kappa shape index (κ2) is 15.2. The van der Waals surface area contributed by atoms with Crippen molar-refractivity contribution in [2.45, 2.75) is 121 Å². The molecule has 2 heterocycles. The number of rotatable bonds is 13. The fourth-order valence-electron chi connectivity index (χ4n) is 5.22. The van der Waals surface area contributed by atoms with Gasteiger partial charge in [-0.15, -0.1) is 0 Å². The van der Waals surface area contributed by atoms with Gasteiger partial charge < -0.3 is 15.2 Å². The number of carbonyl (C=O) groups excluding carboxylic acids is 2. The van der Waals surface area contributed by atoms with Crippen LogP contribution in [-0.2, 0) is 40.8 Å². The zero-order valence-corrected chi connectivity index (χ0v) is 30.7. The molecule has 0 saturated carbocycles. The largest absolute Gasteiger partial charge is 0.459 e. The average molecular weight is 681 g/mol. The first-order chi connectivity index (χ1) is 22.2. The molecule has 1 unspecified atom stereocenters. The SMILES string of the molecule is CCCCCC(C)(C)c1ccc(CC(N)(c2cccc(N(CC(=O)OC(C)(C)C)C(=O)OC(C)(C)C)n2)S(=O)(=O)c2ccccn2)cc1. The number of aromatic nitrogens is 2. The third-order valence-corrected chi connectivity index (χ3v) is 9.87. The van der Waals surface area contributed by atoms with Crippen LogP contribution in [0.2, 0.25) is 0 Å². The topological polar surface area (TPSA) is 142 Å². The molecule has 1 aromatic carbocycles. The molecule has 262 valence electrons. The lowest BCUT2D eigenvalue weighted by atomic mass is 9.79. The van der Waals surface area contributed by atoms with Gasteiger partial charge in [0.1, 0.15) is 23.6 Å². The quantitative estimate of drug-likeness (QED) is 0.146. The Hall–Kier alpha value is -3.83. The van der Waals surface area contributed by atoms with E-state index >= 15 is 0 Å². The predicted molar refractivity (Wildman–Crippen MR) is 188 cm³/mol. The van der Waals surface area contributed by atoms with Crippen molar-refractivity contribution in [2.75, 3.05) is 11.4 Å². The van der Waals surface area contributed by atoms with Gasteiger partial charge in [0, 0.05) is 12.6 Å². The van der Waals surface area contributed by atoms with Gasteiger partial charge in [0.15, 0.2) is 9.90 Å². The summed E-state index contributed by atoms with van der Waals surface area (Å²) >= 11 is 0. The molecule has 0 saturated heterocycles. The third-order valence-electron chi connectivity index (χ3n) is 7.77. The minimum Gasteiger partial charge on any atom is -0.459 e. The molecule has 11 heteroatoms. The Morgan fingerprint density at radius 3 is 2.04 bits per heavy atom. The van der Waals surface area contributed by atoms with E-state index in [1.807, 2.05) is 24.3 Å². The highest BCUT2D eigenvalue weighted by Gasteiger charge is 2.46. The van der Waals surface area contributed by atoms with Gasteiger partial charge in [-0.25, -0.2) is 23.2 Å². The van der Waals surface area contributed by atoms with E-state index in [0.717, 1.165) is 36.1 Å². The van der Waals surface area contributed by atoms with Gasteiger partial charge in [0.2, 0.25) is 9.84 Å². The molecule has 0 aliphatic heterocycles. The van der Waals surface area contributed by atoms with Gasteiger partial charge >= 0.3 is 12.1 Å². The maximum atomic E-state index is 14.4. The Balaban J connectivity index is 2.12. The molecule has 0 radical (unpaired) electrons. The Bertz CT molecular complexity index is 1650. The summed E-state index contributed by atoms with van der Waals surface area (Å²) in [6.45, 7) is 16.3. The molecule has 0 aliphatic carbocycles. The van der Waals surface area contributed by atoms with Crippen molar-refractivity contribution < 1.29 is 27.5 Å². The van der Waals surface area contributed by atoms with Crippen molar-refractivity contribution in [3.8, 4) is 0 Å². The molecule has 0 aliphatic rings. The molecular formula is C37H52N4O6S. The van der Waals surface area contributed by atoms with Gasteiger partial charge in [-0.1, -0.05) is 76.4 Å². The van der Waals surface area contributed by atoms with E-state index < -0.39 is 44.5 Å². The number of carbonyl (C=O) groups is 2. The fraction of sp³-hybridized carbons (Fsp3) is 0.514. The summed E-state index contributed by atoms with van der Waals surface area (Å²) in [5.41, 5.74) is 7.01. The van der Waals surface area contributed by atoms with Crippen LogP contribution in [0.5, 0.6) is 0 Å². The molecule has 48 heavy (non-hydrogen) atoms. The van der Waals surface area contributed by atoms with Crippen LogP contribution in [0.15, 0.2) is 71.9 Å². The maximum Gasteiger partial charge on any atom is 0.416 e. The zero-order valence-electron chi connectivity index (χ0n) is 29.9. The maximum absolute atomic E-state index is 14.4. The fourth-order valence-corrected chi connectivity index (χ4v) is 6.80. The lowest BCUT2D eigenvalue weighted by Gasteiger charge is -2.31. The number of amides is 1. The van der Waals surface area contributed by atoms with E-state index in [0.29, 0.717) is 5.56 Å². The number of nitrogens with zero attached hydrogens (tertiary/aromatic N) is 3. The van der Waals surface area contributed by atoms with Crippen LogP contribution in [0.4, 0.5) is 10.6 Å². The minimum atomic E-state index is -4.37. The molecular weight excluding hydrogens is 628 g/mol. The number of nitrogens with two attached hydrogens (primary N) is 1. The highest BCUT2D eigenvalue weighted by atomic mass is 32.2. The summed E-state index contributed by atoms with van der Waals surface area (Å²) in [6.07, 6.45) is 4.85. The number of anilines is 1. The van der Waals surface area contributed by atoms with Crippen LogP contribution < -0.4 is 10.6 Å². The Morgan fingerprint density at radius 1 is 0.833 bits per heavy atom. The van der Waals surface area contributed by atoms with Crippen molar-refractivity contribution in [3.05, 3.63) is 83.7 Å². The van der Waals surface area contributed by atoms with Gasteiger partial charge in [0.25, 0.3) is 0 Å². The summed E-state index contributed by atoms with van der Waals surface area (Å²) in [6, 6.07) is 16.9. The summed E-state index contributed by atoms with van der Waals surface area (Å²) < 4.78 is 39.8. The van der Waals surface area contributed by atoms with E-state index in [1.165, 1.54) is 24.4 Å². The second-order valence-electron chi connectivity index (χ2n) is 14.8. The van der Waals surface area contributed by atoms with Crippen LogP contribution in [0.1, 0.15) is 105 Å². The van der Waals surface area contributed by atoms with E-state index in [1.54, 1.807) is 59.7 Å². The molecule has 3 rings (SSSR count). The number of hydrogen-bond acceptors (Lipinski definition) is 9. The monoisotopic (exact) mass is 680 g/mol. The number of ether oxygens (including phenoxy) is 2. The predicted octanol–water partition coefficient (Wildman–Crippen LogP) is 7.25. The molecule has 0 bridgehead atoms. The first-order valence-corrected chi connectivity index (χ1v) is 17.9. The second-order valence-corrected chi connectivity index (χ2v) is 17.0. The Kier molecular flexibility index (Phi) is 12.2. The first-order valence-electron chi connectivity index (χ1n) is 16.4. The Labute approximate surface area is 286 Å². The number of hydrogen-bond donors (Lipinski definition) is 1. The van der Waals surface area contributed by atoms with E-state index in [2.05, 4.69) is 30.7 Å². The number of sulfone groups is 1. The number of unbranched alkanes of at least 4 members (excludes halogenated alkanes) is 2. The Morgan fingerprint density at radius 2 is 1.48 bits per heavy atom. The number of benzene rings is 1. The minimum absolute atomic E-state index is 0.0252. The molecule has 0 spiro atoms. The van der Waals surface area contributed by atoms with Crippen LogP contribution in [-0.4, -0.2) is 48.2 Å². The summed E-state index contributed by atoms with van der Waals surface area (Å²) in [7, 11) is -4.37. The number of pyridine rings is 2. The molecule has 3 aromatic rings. The standard InChI is InChI=1S/C37H52N4O6S/c1-10-11-13-23-36(8,9)28-21-19-27(20-22-28)25-37(38,48(44,45)31-18-12-14-24-39-31)29-16-15-17-30(40-29)41(33(43)47-35(5,6)7)26-32(42)46-34(2,3)4/h12,14-22,24H,10-11,13,23,25-26,38H2,1-9H3. The van der Waals surface area contributed by atoms with Crippen LogP contribution in [0.25, 0.3) is 0 Å². The summed E-state index contributed by atoms with van der Waals surface area (Å²) in [5, 5.41) is -0.217.